The molecule has 0 spiro atoms. The molecule has 0 bridgehead atoms. The molecule has 12 nitrogen and oxygen atoms in total. The SMILES string of the molecule is COc1cc(OC)cc(-n2ccc3c(=O)n(CC4(O)CCN(C(=O)[C@@H]5CCN(C(=O)O)C[C@H]5c5ccccc5)CC4)cnc32)c1. The molecule has 0 saturated carbocycles. The van der Waals surface area contributed by atoms with Gasteiger partial charge in [-0.1, -0.05) is 30.3 Å². The second kappa shape index (κ2) is 12.3. The van der Waals surface area contributed by atoms with Crippen molar-refractivity contribution < 1.29 is 29.3 Å². The van der Waals surface area contributed by atoms with E-state index in [0.29, 0.717) is 61.4 Å². The summed E-state index contributed by atoms with van der Waals surface area (Å²) in [6.45, 7) is 1.30. The van der Waals surface area contributed by atoms with Gasteiger partial charge in [-0.25, -0.2) is 9.78 Å². The molecule has 2 aliphatic heterocycles. The first-order chi connectivity index (χ1) is 21.7. The Morgan fingerprint density at radius 3 is 2.31 bits per heavy atom. The summed E-state index contributed by atoms with van der Waals surface area (Å²) in [5.41, 5.74) is 0.684. The van der Waals surface area contributed by atoms with E-state index in [2.05, 4.69) is 4.98 Å². The molecule has 2 N–H and O–H groups in total. The Labute approximate surface area is 260 Å². The highest BCUT2D eigenvalue weighted by molar-refractivity contribution is 5.81. The molecule has 236 valence electrons. The zero-order valence-corrected chi connectivity index (χ0v) is 25.3. The molecule has 6 rings (SSSR count). The van der Waals surface area contributed by atoms with E-state index in [1.54, 1.807) is 42.0 Å². The van der Waals surface area contributed by atoms with Crippen LogP contribution >= 0.6 is 0 Å². The lowest BCUT2D eigenvalue weighted by Crippen LogP contribution is -2.53. The third kappa shape index (κ3) is 5.97. The molecule has 0 aliphatic carbocycles. The van der Waals surface area contributed by atoms with Crippen LogP contribution in [-0.2, 0) is 11.3 Å². The summed E-state index contributed by atoms with van der Waals surface area (Å²) in [7, 11) is 3.14. The molecule has 2 aromatic carbocycles. The van der Waals surface area contributed by atoms with E-state index >= 15 is 0 Å². The van der Waals surface area contributed by atoms with Gasteiger partial charge in [-0.05, 0) is 30.9 Å². The Kier molecular flexibility index (Phi) is 8.24. The van der Waals surface area contributed by atoms with Crippen molar-refractivity contribution in [3.8, 4) is 17.2 Å². The van der Waals surface area contributed by atoms with Crippen LogP contribution in [-0.4, -0.2) is 92.1 Å². The minimum Gasteiger partial charge on any atom is -0.497 e. The van der Waals surface area contributed by atoms with Gasteiger partial charge in [0.1, 0.15) is 17.8 Å². The Morgan fingerprint density at radius 1 is 0.978 bits per heavy atom. The summed E-state index contributed by atoms with van der Waals surface area (Å²) < 4.78 is 14.0. The summed E-state index contributed by atoms with van der Waals surface area (Å²) in [5.74, 6) is 0.593. The largest absolute Gasteiger partial charge is 0.497 e. The monoisotopic (exact) mass is 615 g/mol. The highest BCUT2D eigenvalue weighted by Crippen LogP contribution is 2.35. The summed E-state index contributed by atoms with van der Waals surface area (Å²) >= 11 is 0. The number of likely N-dealkylation sites (tertiary alicyclic amines) is 2. The lowest BCUT2D eigenvalue weighted by molar-refractivity contribution is -0.142. The Bertz CT molecular complexity index is 1740. The molecule has 45 heavy (non-hydrogen) atoms. The van der Waals surface area contributed by atoms with Crippen LogP contribution in [0.15, 0.2) is 71.9 Å². The number of hydrogen-bond donors (Lipinski definition) is 2. The van der Waals surface area contributed by atoms with Gasteiger partial charge in [0.05, 0.1) is 37.4 Å². The summed E-state index contributed by atoms with van der Waals surface area (Å²) in [6, 6.07) is 16.7. The van der Waals surface area contributed by atoms with Gasteiger partial charge in [0, 0.05) is 62.4 Å². The van der Waals surface area contributed by atoms with Crippen LogP contribution in [0.5, 0.6) is 11.5 Å². The maximum atomic E-state index is 13.8. The van der Waals surface area contributed by atoms with Gasteiger partial charge >= 0.3 is 6.09 Å². The minimum absolute atomic E-state index is 0.0216. The molecule has 2 fully saturated rings. The van der Waals surface area contributed by atoms with E-state index in [1.807, 2.05) is 42.5 Å². The first kappa shape index (κ1) is 30.2. The maximum Gasteiger partial charge on any atom is 0.407 e. The number of aliphatic hydroxyl groups is 1. The Hall–Kier alpha value is -4.84. The van der Waals surface area contributed by atoms with Crippen molar-refractivity contribution in [3.63, 3.8) is 0 Å². The molecule has 12 heteroatoms. The number of ether oxygens (including phenoxy) is 2. The molecule has 2 aliphatic rings. The molecule has 2 saturated heterocycles. The van der Waals surface area contributed by atoms with Crippen LogP contribution in [0.25, 0.3) is 16.7 Å². The van der Waals surface area contributed by atoms with Crippen LogP contribution in [0, 0.1) is 5.92 Å². The van der Waals surface area contributed by atoms with Gasteiger partial charge < -0.3 is 34.1 Å². The molecule has 2 atom stereocenters. The molecular weight excluding hydrogens is 578 g/mol. The Morgan fingerprint density at radius 2 is 1.67 bits per heavy atom. The number of carbonyl (C=O) groups is 2. The predicted octanol–water partition coefficient (Wildman–Crippen LogP) is 3.34. The minimum atomic E-state index is -1.19. The van der Waals surface area contributed by atoms with Crippen molar-refractivity contribution in [2.75, 3.05) is 40.4 Å². The summed E-state index contributed by atoms with van der Waals surface area (Å²) in [4.78, 5) is 46.7. The number of hydrogen-bond acceptors (Lipinski definition) is 7. The number of carbonyl (C=O) groups excluding carboxylic acids is 1. The number of methoxy groups -OCH3 is 2. The van der Waals surface area contributed by atoms with Crippen LogP contribution < -0.4 is 15.0 Å². The number of amides is 2. The highest BCUT2D eigenvalue weighted by atomic mass is 16.5. The average Bonchev–Trinajstić information content (AvgIpc) is 3.51. The zero-order valence-electron chi connectivity index (χ0n) is 25.3. The topological polar surface area (TPSA) is 139 Å². The van der Waals surface area contributed by atoms with Gasteiger partial charge in [0.15, 0.2) is 5.65 Å². The van der Waals surface area contributed by atoms with Crippen molar-refractivity contribution in [2.24, 2.45) is 5.92 Å². The number of piperidine rings is 2. The van der Waals surface area contributed by atoms with Crippen molar-refractivity contribution >= 4 is 23.0 Å². The van der Waals surface area contributed by atoms with Gasteiger partial charge in [0.25, 0.3) is 5.56 Å². The first-order valence-electron chi connectivity index (χ1n) is 15.0. The van der Waals surface area contributed by atoms with Crippen molar-refractivity contribution in [1.82, 2.24) is 23.9 Å². The molecule has 4 heterocycles. The van der Waals surface area contributed by atoms with E-state index in [4.69, 9.17) is 9.47 Å². The predicted molar refractivity (Wildman–Crippen MR) is 166 cm³/mol. The molecule has 0 radical (unpaired) electrons. The van der Waals surface area contributed by atoms with E-state index < -0.39 is 11.7 Å². The first-order valence-corrected chi connectivity index (χ1v) is 15.0. The lowest BCUT2D eigenvalue weighted by Gasteiger charge is -2.42. The van der Waals surface area contributed by atoms with E-state index in [1.165, 1.54) is 15.8 Å². The van der Waals surface area contributed by atoms with E-state index in [-0.39, 0.29) is 36.4 Å². The third-order valence-corrected chi connectivity index (χ3v) is 9.18. The lowest BCUT2D eigenvalue weighted by atomic mass is 9.79. The van der Waals surface area contributed by atoms with Gasteiger partial charge in [0.2, 0.25) is 5.91 Å². The van der Waals surface area contributed by atoms with Crippen LogP contribution in [0.4, 0.5) is 4.79 Å². The molecule has 0 unspecified atom stereocenters. The van der Waals surface area contributed by atoms with E-state index in [0.717, 1.165) is 11.3 Å². The van der Waals surface area contributed by atoms with Crippen molar-refractivity contribution in [3.05, 3.63) is 83.0 Å². The molecule has 2 aromatic heterocycles. The average molecular weight is 616 g/mol. The third-order valence-electron chi connectivity index (χ3n) is 9.18. The fourth-order valence-corrected chi connectivity index (χ4v) is 6.62. The van der Waals surface area contributed by atoms with E-state index in [9.17, 15) is 24.6 Å². The number of carboxylic acid groups (broad SMARTS) is 1. The highest BCUT2D eigenvalue weighted by Gasteiger charge is 2.41. The van der Waals surface area contributed by atoms with Crippen LogP contribution in [0.2, 0.25) is 0 Å². The fraction of sp³-hybridized carbons (Fsp3) is 0.394. The molecular formula is C33H37N5O7. The smallest absolute Gasteiger partial charge is 0.407 e. The molecule has 4 aromatic rings. The normalized spacial score (nSPS) is 19.8. The second-order valence-electron chi connectivity index (χ2n) is 11.9. The van der Waals surface area contributed by atoms with Crippen molar-refractivity contribution in [2.45, 2.75) is 37.3 Å². The van der Waals surface area contributed by atoms with Crippen LogP contribution in [0.3, 0.4) is 0 Å². The number of aromatic nitrogens is 3. The summed E-state index contributed by atoms with van der Waals surface area (Å²) in [5, 5.41) is 21.5. The second-order valence-corrected chi connectivity index (χ2v) is 11.9. The van der Waals surface area contributed by atoms with Gasteiger partial charge in [-0.15, -0.1) is 0 Å². The van der Waals surface area contributed by atoms with Crippen molar-refractivity contribution in [1.29, 1.82) is 0 Å². The summed E-state index contributed by atoms with van der Waals surface area (Å²) in [6.07, 6.45) is 3.28. The Balaban J connectivity index is 1.16. The van der Waals surface area contributed by atoms with Gasteiger partial charge in [-0.3, -0.25) is 14.2 Å². The maximum absolute atomic E-state index is 13.8. The number of fused-ring (bicyclic) bond motifs is 1. The zero-order chi connectivity index (χ0) is 31.7. The van der Waals surface area contributed by atoms with Gasteiger partial charge in [-0.2, -0.15) is 0 Å². The van der Waals surface area contributed by atoms with Crippen LogP contribution in [0.1, 0.15) is 30.7 Å². The standard InChI is InChI=1S/C33H37N5O7/c1-44-24-16-23(17-25(18-24)45-2)38-13-9-27-29(38)34-21-37(31(27)40)20-33(43)10-14-35(15-11-33)30(39)26-8-12-36(32(41)42)19-28(26)22-6-4-3-5-7-22/h3-7,9,13,16-18,21,26,28,43H,8,10-12,14-15,19-20H2,1-2H3,(H,41,42)/t26-,28+/m1/s1. The fourth-order valence-electron chi connectivity index (χ4n) is 6.62. The number of nitrogens with zero attached hydrogens (tertiary/aromatic N) is 5. The molecule has 2 amide bonds. The number of rotatable bonds is 7. The number of benzene rings is 2. The quantitative estimate of drug-likeness (QED) is 0.323.